The van der Waals surface area contributed by atoms with E-state index in [0.717, 1.165) is 5.69 Å². The topological polar surface area (TPSA) is 25.8 Å². The van der Waals surface area contributed by atoms with E-state index in [1.807, 2.05) is 20.8 Å². The van der Waals surface area contributed by atoms with Crippen LogP contribution in [0.1, 0.15) is 19.5 Å². The maximum atomic E-state index is 3.92. The van der Waals surface area contributed by atoms with Crippen molar-refractivity contribution < 1.29 is 0 Å². The number of aromatic nitrogens is 2. The number of hydrogen-bond donors (Lipinski definition) is 0. The van der Waals surface area contributed by atoms with Crippen LogP contribution >= 0.6 is 24.0 Å². The zero-order chi connectivity index (χ0) is 7.11. The second-order valence-corrected chi connectivity index (χ2v) is 1.35. The van der Waals surface area contributed by atoms with Gasteiger partial charge in [-0.25, -0.2) is 0 Å². The molecule has 2 nitrogen and oxygen atoms in total. The Labute approximate surface area is 79.1 Å². The number of aryl methyl sites for hydroxylation is 1. The Bertz CT molecular complexity index is 142. The van der Waals surface area contributed by atoms with Crippen molar-refractivity contribution in [1.82, 2.24) is 9.97 Å². The fraction of sp³-hybridized carbons (Fsp3) is 0.429. The summed E-state index contributed by atoms with van der Waals surface area (Å²) in [5, 5.41) is 0. The zero-order valence-electron chi connectivity index (χ0n) is 6.53. The smallest absolute Gasteiger partial charge is 0.0555 e. The molecule has 0 saturated carbocycles. The number of hydrogen-bond acceptors (Lipinski definition) is 2. The van der Waals surface area contributed by atoms with Gasteiger partial charge < -0.3 is 0 Å². The van der Waals surface area contributed by atoms with Gasteiger partial charge in [0.25, 0.3) is 0 Å². The molecule has 0 aliphatic carbocycles. The van der Waals surface area contributed by atoms with Crippen molar-refractivity contribution >= 4 is 24.0 Å². The molecule has 1 aromatic rings. The quantitative estimate of drug-likeness (QED) is 0.663. The average molecular weight is 252 g/mol. The van der Waals surface area contributed by atoms with E-state index in [9.17, 15) is 0 Å². The van der Waals surface area contributed by atoms with E-state index in [1.165, 1.54) is 0 Å². The van der Waals surface area contributed by atoms with Crippen molar-refractivity contribution in [3.05, 3.63) is 24.3 Å². The van der Waals surface area contributed by atoms with Crippen LogP contribution in [0.15, 0.2) is 18.6 Å². The minimum absolute atomic E-state index is 0. The molecule has 1 rings (SSSR count). The fourth-order valence-corrected chi connectivity index (χ4v) is 0.374. The molecule has 3 heteroatoms. The van der Waals surface area contributed by atoms with Gasteiger partial charge in [0.2, 0.25) is 0 Å². The van der Waals surface area contributed by atoms with Gasteiger partial charge in [0.15, 0.2) is 0 Å². The van der Waals surface area contributed by atoms with Gasteiger partial charge >= 0.3 is 0 Å². The Morgan fingerprint density at radius 3 is 2.00 bits per heavy atom. The first-order valence-electron chi connectivity index (χ1n) is 3.12. The lowest BCUT2D eigenvalue weighted by Gasteiger charge is -1.81. The molecule has 0 aromatic carbocycles. The Balaban J connectivity index is 0. The van der Waals surface area contributed by atoms with E-state index < -0.39 is 0 Å². The van der Waals surface area contributed by atoms with Crippen LogP contribution in [0.4, 0.5) is 0 Å². The van der Waals surface area contributed by atoms with Gasteiger partial charge in [-0.3, -0.25) is 9.97 Å². The van der Waals surface area contributed by atoms with Crippen molar-refractivity contribution in [3.8, 4) is 0 Å². The third kappa shape index (κ3) is 5.94. The summed E-state index contributed by atoms with van der Waals surface area (Å²) in [5.41, 5.74) is 0.961. The van der Waals surface area contributed by atoms with E-state index in [-0.39, 0.29) is 24.0 Å². The summed E-state index contributed by atoms with van der Waals surface area (Å²) in [4.78, 5) is 7.74. The second kappa shape index (κ2) is 8.81. The number of rotatable bonds is 0. The molecule has 0 spiro atoms. The molecule has 0 atom stereocenters. The Hall–Kier alpha value is -0.190. The van der Waals surface area contributed by atoms with E-state index in [1.54, 1.807) is 18.6 Å². The van der Waals surface area contributed by atoms with Gasteiger partial charge in [0.05, 0.1) is 5.69 Å². The molecule has 0 aliphatic heterocycles. The molecular weight excluding hydrogens is 239 g/mol. The van der Waals surface area contributed by atoms with Crippen LogP contribution in [0, 0.1) is 6.92 Å². The maximum Gasteiger partial charge on any atom is 0.0555 e. The summed E-state index contributed by atoms with van der Waals surface area (Å²) in [6, 6.07) is 0. The van der Waals surface area contributed by atoms with E-state index >= 15 is 0 Å². The van der Waals surface area contributed by atoms with Crippen LogP contribution in [-0.2, 0) is 0 Å². The first-order valence-corrected chi connectivity index (χ1v) is 3.12. The van der Waals surface area contributed by atoms with Gasteiger partial charge in [-0.2, -0.15) is 0 Å². The Morgan fingerprint density at radius 2 is 1.80 bits per heavy atom. The first kappa shape index (κ1) is 12.5. The molecule has 0 N–H and O–H groups in total. The predicted molar refractivity (Wildman–Crippen MR) is 53.5 cm³/mol. The van der Waals surface area contributed by atoms with E-state index in [4.69, 9.17) is 0 Å². The Morgan fingerprint density at radius 1 is 1.20 bits per heavy atom. The predicted octanol–water partition coefficient (Wildman–Crippen LogP) is 2.43. The highest BCUT2D eigenvalue weighted by Gasteiger charge is 1.74. The fourth-order valence-electron chi connectivity index (χ4n) is 0.374. The number of nitrogens with zero attached hydrogens (tertiary/aromatic N) is 2. The zero-order valence-corrected chi connectivity index (χ0v) is 8.87. The first-order chi connectivity index (χ1) is 4.39. The van der Waals surface area contributed by atoms with Crippen molar-refractivity contribution in [1.29, 1.82) is 0 Å². The van der Waals surface area contributed by atoms with Crippen molar-refractivity contribution in [2.45, 2.75) is 20.8 Å². The van der Waals surface area contributed by atoms with Crippen LogP contribution in [0.5, 0.6) is 0 Å². The van der Waals surface area contributed by atoms with E-state index in [2.05, 4.69) is 9.97 Å². The molecule has 0 radical (unpaired) electrons. The molecule has 0 saturated heterocycles. The van der Waals surface area contributed by atoms with Crippen molar-refractivity contribution in [2.24, 2.45) is 0 Å². The molecule has 58 valence electrons. The van der Waals surface area contributed by atoms with Gasteiger partial charge in [-0.15, -0.1) is 24.0 Å². The van der Waals surface area contributed by atoms with Crippen molar-refractivity contribution in [3.63, 3.8) is 0 Å². The molecular formula is C7H13IN2. The highest BCUT2D eigenvalue weighted by atomic mass is 127. The lowest BCUT2D eigenvalue weighted by atomic mass is 10.5. The highest BCUT2D eigenvalue weighted by Crippen LogP contribution is 1.81. The maximum absolute atomic E-state index is 3.92. The summed E-state index contributed by atoms with van der Waals surface area (Å²) in [5.74, 6) is 0. The van der Waals surface area contributed by atoms with E-state index in [0.29, 0.717) is 0 Å². The standard InChI is InChI=1S/C5H6N2.C2H6.HI/c1-5-4-6-2-3-7-5;1-2;/h2-4H,1H3;1-2H3;1H. The minimum Gasteiger partial charge on any atom is -0.261 e. The summed E-state index contributed by atoms with van der Waals surface area (Å²) < 4.78 is 0. The monoisotopic (exact) mass is 252 g/mol. The van der Waals surface area contributed by atoms with Crippen molar-refractivity contribution in [2.75, 3.05) is 0 Å². The summed E-state index contributed by atoms with van der Waals surface area (Å²) in [6.45, 7) is 5.91. The second-order valence-electron chi connectivity index (χ2n) is 1.35. The summed E-state index contributed by atoms with van der Waals surface area (Å²) in [6.07, 6.45) is 5.06. The van der Waals surface area contributed by atoms with Gasteiger partial charge in [0.1, 0.15) is 0 Å². The molecule has 0 bridgehead atoms. The molecule has 0 fully saturated rings. The third-order valence-corrected chi connectivity index (χ3v) is 0.692. The van der Waals surface area contributed by atoms with Gasteiger partial charge in [0, 0.05) is 18.6 Å². The molecule has 0 aliphatic rings. The van der Waals surface area contributed by atoms with Crippen LogP contribution in [0.2, 0.25) is 0 Å². The summed E-state index contributed by atoms with van der Waals surface area (Å²) >= 11 is 0. The van der Waals surface area contributed by atoms with Crippen LogP contribution in [0.3, 0.4) is 0 Å². The normalized spacial score (nSPS) is 6.70. The lowest BCUT2D eigenvalue weighted by Crippen LogP contribution is -1.77. The largest absolute Gasteiger partial charge is 0.261 e. The molecule has 0 amide bonds. The molecule has 10 heavy (non-hydrogen) atoms. The number of halogens is 1. The van der Waals surface area contributed by atoms with Gasteiger partial charge in [-0.05, 0) is 6.92 Å². The minimum atomic E-state index is 0. The lowest BCUT2D eigenvalue weighted by molar-refractivity contribution is 1.12. The average Bonchev–Trinajstić information content (AvgIpc) is 1.94. The highest BCUT2D eigenvalue weighted by molar-refractivity contribution is 14.0. The van der Waals surface area contributed by atoms with Crippen LogP contribution in [-0.4, -0.2) is 9.97 Å². The molecule has 1 aromatic heterocycles. The SMILES string of the molecule is CC.Cc1cnccn1.I. The molecule has 0 unspecified atom stereocenters. The van der Waals surface area contributed by atoms with Crippen LogP contribution < -0.4 is 0 Å². The Kier molecular flexibility index (Phi) is 11.0. The summed E-state index contributed by atoms with van der Waals surface area (Å²) in [7, 11) is 0. The van der Waals surface area contributed by atoms with Gasteiger partial charge in [-0.1, -0.05) is 13.8 Å². The van der Waals surface area contributed by atoms with Crippen LogP contribution in [0.25, 0.3) is 0 Å². The third-order valence-electron chi connectivity index (χ3n) is 0.692. The molecule has 1 heterocycles.